The molecule has 0 aromatic heterocycles. The van der Waals surface area contributed by atoms with Crippen LogP contribution in [0.5, 0.6) is 0 Å². The lowest BCUT2D eigenvalue weighted by Crippen LogP contribution is -1.82. The Morgan fingerprint density at radius 2 is 1.50 bits per heavy atom. The molecule has 0 heteroatoms. The summed E-state index contributed by atoms with van der Waals surface area (Å²) in [5.41, 5.74) is 5.51. The minimum absolute atomic E-state index is 0.838. The minimum atomic E-state index is 0.838. The van der Waals surface area contributed by atoms with Crippen LogP contribution in [-0.4, -0.2) is 0 Å². The fraction of sp³-hybridized carbons (Fsp3) is 0.333. The molecule has 0 bridgehead atoms. The molecular formula is C18H22. The monoisotopic (exact) mass is 238 g/mol. The highest BCUT2D eigenvalue weighted by molar-refractivity contribution is 5.64. The summed E-state index contributed by atoms with van der Waals surface area (Å²) < 4.78 is 0. The third-order valence-corrected chi connectivity index (χ3v) is 3.32. The number of hydrogen-bond acceptors (Lipinski definition) is 0. The van der Waals surface area contributed by atoms with Gasteiger partial charge in [0.05, 0.1) is 0 Å². The van der Waals surface area contributed by atoms with Gasteiger partial charge in [0.25, 0.3) is 0 Å². The van der Waals surface area contributed by atoms with Gasteiger partial charge in [-0.15, -0.1) is 0 Å². The maximum Gasteiger partial charge on any atom is -0.0161 e. The minimum Gasteiger partial charge on any atom is -0.0683 e. The molecule has 2 aromatic carbocycles. The number of benzene rings is 2. The standard InChI is InChI=1S/C16H16.C2H6/c1-12-5-7-13(8-6-12)15-3-2-4-16(11-15)14-9-10-14;1-2/h2-8,11,14H,9-10H2,1H3;1-2H3. The number of aryl methyl sites for hydroxylation is 1. The van der Waals surface area contributed by atoms with Crippen LogP contribution in [0.3, 0.4) is 0 Å². The van der Waals surface area contributed by atoms with Crippen LogP contribution < -0.4 is 0 Å². The third-order valence-electron chi connectivity index (χ3n) is 3.32. The highest BCUT2D eigenvalue weighted by Gasteiger charge is 2.23. The molecule has 1 aliphatic carbocycles. The number of rotatable bonds is 2. The molecule has 94 valence electrons. The summed E-state index contributed by atoms with van der Waals surface area (Å²) >= 11 is 0. The normalized spacial score (nSPS) is 13.7. The van der Waals surface area contributed by atoms with Crippen molar-refractivity contribution in [3.8, 4) is 11.1 Å². The molecular weight excluding hydrogens is 216 g/mol. The Balaban J connectivity index is 0.000000574. The van der Waals surface area contributed by atoms with Gasteiger partial charge in [-0.1, -0.05) is 67.9 Å². The van der Waals surface area contributed by atoms with Crippen molar-refractivity contribution in [2.75, 3.05) is 0 Å². The maximum absolute atomic E-state index is 2.35. The topological polar surface area (TPSA) is 0 Å². The Morgan fingerprint density at radius 3 is 2.11 bits per heavy atom. The van der Waals surface area contributed by atoms with E-state index in [0.717, 1.165) is 5.92 Å². The largest absolute Gasteiger partial charge is 0.0683 e. The van der Waals surface area contributed by atoms with E-state index in [1.807, 2.05) is 13.8 Å². The fourth-order valence-electron chi connectivity index (χ4n) is 2.13. The van der Waals surface area contributed by atoms with Crippen molar-refractivity contribution in [1.82, 2.24) is 0 Å². The Morgan fingerprint density at radius 1 is 0.833 bits per heavy atom. The molecule has 2 aromatic rings. The summed E-state index contributed by atoms with van der Waals surface area (Å²) in [4.78, 5) is 0. The van der Waals surface area contributed by atoms with Crippen molar-refractivity contribution in [3.05, 3.63) is 59.7 Å². The van der Waals surface area contributed by atoms with Crippen molar-refractivity contribution in [2.24, 2.45) is 0 Å². The average Bonchev–Trinajstić information content (AvgIpc) is 3.26. The van der Waals surface area contributed by atoms with Crippen LogP contribution in [0.4, 0.5) is 0 Å². The summed E-state index contributed by atoms with van der Waals surface area (Å²) in [7, 11) is 0. The summed E-state index contributed by atoms with van der Waals surface area (Å²) in [6.45, 7) is 6.13. The third kappa shape index (κ3) is 3.01. The summed E-state index contributed by atoms with van der Waals surface area (Å²) in [6, 6.07) is 17.8. The molecule has 0 heterocycles. The molecule has 0 unspecified atom stereocenters. The van der Waals surface area contributed by atoms with Crippen LogP contribution >= 0.6 is 0 Å². The van der Waals surface area contributed by atoms with Crippen LogP contribution in [0.1, 0.15) is 43.7 Å². The summed E-state index contributed by atoms with van der Waals surface area (Å²) in [5.74, 6) is 0.838. The molecule has 0 saturated heterocycles. The quantitative estimate of drug-likeness (QED) is 0.642. The van der Waals surface area contributed by atoms with Crippen LogP contribution in [0, 0.1) is 6.92 Å². The second-order valence-corrected chi connectivity index (χ2v) is 4.77. The van der Waals surface area contributed by atoms with Gasteiger partial charge >= 0.3 is 0 Å². The molecule has 1 saturated carbocycles. The van der Waals surface area contributed by atoms with Gasteiger partial charge in [-0.25, -0.2) is 0 Å². The predicted octanol–water partition coefficient (Wildman–Crippen LogP) is 5.57. The van der Waals surface area contributed by atoms with Gasteiger partial charge in [0.2, 0.25) is 0 Å². The van der Waals surface area contributed by atoms with Crippen molar-refractivity contribution < 1.29 is 0 Å². The van der Waals surface area contributed by atoms with E-state index < -0.39 is 0 Å². The van der Waals surface area contributed by atoms with E-state index in [1.54, 1.807) is 0 Å². The van der Waals surface area contributed by atoms with Crippen LogP contribution in [0.2, 0.25) is 0 Å². The van der Waals surface area contributed by atoms with Crippen molar-refractivity contribution in [1.29, 1.82) is 0 Å². The Bertz CT molecular complexity index is 490. The van der Waals surface area contributed by atoms with Crippen molar-refractivity contribution in [3.63, 3.8) is 0 Å². The maximum atomic E-state index is 2.35. The van der Waals surface area contributed by atoms with Gasteiger partial charge in [0, 0.05) is 0 Å². The molecule has 1 aliphatic rings. The highest BCUT2D eigenvalue weighted by Crippen LogP contribution is 2.41. The Kier molecular flexibility index (Phi) is 4.19. The van der Waals surface area contributed by atoms with Crippen LogP contribution in [0.25, 0.3) is 11.1 Å². The van der Waals surface area contributed by atoms with Gasteiger partial charge in [-0.2, -0.15) is 0 Å². The molecule has 0 atom stereocenters. The molecule has 3 rings (SSSR count). The fourth-order valence-corrected chi connectivity index (χ4v) is 2.13. The van der Waals surface area contributed by atoms with E-state index in [2.05, 4.69) is 55.5 Å². The smallest absolute Gasteiger partial charge is 0.0161 e. The first-order valence-electron chi connectivity index (χ1n) is 7.00. The van der Waals surface area contributed by atoms with E-state index >= 15 is 0 Å². The van der Waals surface area contributed by atoms with Crippen molar-refractivity contribution >= 4 is 0 Å². The van der Waals surface area contributed by atoms with Gasteiger partial charge in [0.1, 0.15) is 0 Å². The van der Waals surface area contributed by atoms with E-state index in [9.17, 15) is 0 Å². The SMILES string of the molecule is CC.Cc1ccc(-c2cccc(C3CC3)c2)cc1. The predicted molar refractivity (Wildman–Crippen MR) is 79.9 cm³/mol. The molecule has 0 spiro atoms. The zero-order chi connectivity index (χ0) is 13.0. The summed E-state index contributed by atoms with van der Waals surface area (Å²) in [6.07, 6.45) is 2.74. The zero-order valence-corrected chi connectivity index (χ0v) is 11.6. The number of hydrogen-bond donors (Lipinski definition) is 0. The second-order valence-electron chi connectivity index (χ2n) is 4.77. The molecule has 1 fully saturated rings. The molecule has 0 aliphatic heterocycles. The zero-order valence-electron chi connectivity index (χ0n) is 11.6. The van der Waals surface area contributed by atoms with Gasteiger partial charge < -0.3 is 0 Å². The van der Waals surface area contributed by atoms with E-state index in [1.165, 1.54) is 35.1 Å². The van der Waals surface area contributed by atoms with Gasteiger partial charge in [-0.3, -0.25) is 0 Å². The van der Waals surface area contributed by atoms with Crippen molar-refractivity contribution in [2.45, 2.75) is 39.5 Å². The van der Waals surface area contributed by atoms with E-state index in [0.29, 0.717) is 0 Å². The lowest BCUT2D eigenvalue weighted by molar-refractivity contribution is 1.13. The molecule has 0 amide bonds. The molecule has 0 radical (unpaired) electrons. The molecule has 18 heavy (non-hydrogen) atoms. The average molecular weight is 238 g/mol. The first-order valence-corrected chi connectivity index (χ1v) is 7.00. The summed E-state index contributed by atoms with van der Waals surface area (Å²) in [5, 5.41) is 0. The first-order chi connectivity index (χ1) is 8.83. The molecule has 0 nitrogen and oxygen atoms in total. The van der Waals surface area contributed by atoms with Crippen LogP contribution in [0.15, 0.2) is 48.5 Å². The van der Waals surface area contributed by atoms with Gasteiger partial charge in [-0.05, 0) is 42.4 Å². The first kappa shape index (κ1) is 12.9. The Labute approximate surface area is 111 Å². The van der Waals surface area contributed by atoms with Gasteiger partial charge in [0.15, 0.2) is 0 Å². The lowest BCUT2D eigenvalue weighted by atomic mass is 10.0. The van der Waals surface area contributed by atoms with Crippen LogP contribution in [-0.2, 0) is 0 Å². The van der Waals surface area contributed by atoms with E-state index in [4.69, 9.17) is 0 Å². The molecule has 0 N–H and O–H groups in total. The lowest BCUT2D eigenvalue weighted by Gasteiger charge is -2.05. The Hall–Kier alpha value is -1.56. The highest BCUT2D eigenvalue weighted by atomic mass is 14.3. The van der Waals surface area contributed by atoms with E-state index in [-0.39, 0.29) is 0 Å². The second kappa shape index (κ2) is 5.86.